The Balaban J connectivity index is 1.64. The van der Waals surface area contributed by atoms with Gasteiger partial charge in [0, 0.05) is 32.4 Å². The first kappa shape index (κ1) is 26.8. The second kappa shape index (κ2) is 12.4. The number of ether oxygens (including phenoxy) is 3. The summed E-state index contributed by atoms with van der Waals surface area (Å²) in [4.78, 5) is 19.6. The van der Waals surface area contributed by atoms with E-state index in [1.165, 1.54) is 6.20 Å². The lowest BCUT2D eigenvalue weighted by Crippen LogP contribution is -2.37. The zero-order chi connectivity index (χ0) is 26.3. The second-order valence-corrected chi connectivity index (χ2v) is 10.9. The zero-order valence-electron chi connectivity index (χ0n) is 21.2. The van der Waals surface area contributed by atoms with Crippen LogP contribution >= 0.6 is 0 Å². The third kappa shape index (κ3) is 6.76. The van der Waals surface area contributed by atoms with Crippen LogP contribution in [0.4, 0.5) is 0 Å². The molecule has 0 aliphatic carbocycles. The Morgan fingerprint density at radius 3 is 2.54 bits per heavy atom. The Hall–Kier alpha value is -3.21. The van der Waals surface area contributed by atoms with Gasteiger partial charge >= 0.3 is 0 Å². The van der Waals surface area contributed by atoms with Crippen molar-refractivity contribution in [2.24, 2.45) is 0 Å². The maximum atomic E-state index is 13.6. The van der Waals surface area contributed by atoms with Gasteiger partial charge in [0.2, 0.25) is 15.0 Å². The van der Waals surface area contributed by atoms with E-state index in [4.69, 9.17) is 14.2 Å². The van der Waals surface area contributed by atoms with Crippen molar-refractivity contribution in [3.8, 4) is 5.75 Å². The quantitative estimate of drug-likeness (QED) is 0.356. The first-order valence-electron chi connectivity index (χ1n) is 12.3. The average molecular weight is 528 g/mol. The Morgan fingerprint density at radius 1 is 1.14 bits per heavy atom. The summed E-state index contributed by atoms with van der Waals surface area (Å²) in [6.07, 6.45) is 3.28. The van der Waals surface area contributed by atoms with Gasteiger partial charge in [0.05, 0.1) is 44.0 Å². The summed E-state index contributed by atoms with van der Waals surface area (Å²) < 4.78 is 44.6. The van der Waals surface area contributed by atoms with Crippen LogP contribution in [-0.2, 0) is 38.2 Å². The maximum Gasteiger partial charge on any atom is 0.254 e. The van der Waals surface area contributed by atoms with Gasteiger partial charge in [-0.05, 0) is 42.7 Å². The molecule has 9 nitrogen and oxygen atoms in total. The number of imidazole rings is 1. The standard InChI is InChI=1S/C27H33N3O6S/c1-34-16-14-30-23(17-28-27(30)37(32,33)20-21-7-4-3-5-8-21)18-29(19-25-9-6-15-36-25)26(31)22-10-12-24(35-2)13-11-22/h3-5,7-8,10-13,17,25H,6,9,14-16,18-20H2,1-2H3. The highest BCUT2D eigenvalue weighted by molar-refractivity contribution is 7.90. The minimum Gasteiger partial charge on any atom is -0.497 e. The molecule has 10 heteroatoms. The number of hydrogen-bond donors (Lipinski definition) is 0. The van der Waals surface area contributed by atoms with Crippen molar-refractivity contribution in [1.82, 2.24) is 14.5 Å². The second-order valence-electron chi connectivity index (χ2n) is 8.97. The monoisotopic (exact) mass is 527 g/mol. The highest BCUT2D eigenvalue weighted by Gasteiger charge is 2.28. The number of hydrogen-bond acceptors (Lipinski definition) is 7. The minimum absolute atomic E-state index is 0.0302. The lowest BCUT2D eigenvalue weighted by atomic mass is 10.1. The molecule has 1 amide bonds. The van der Waals surface area contributed by atoms with Crippen molar-refractivity contribution < 1.29 is 27.4 Å². The number of methoxy groups -OCH3 is 2. The molecule has 3 aromatic rings. The number of nitrogens with zero attached hydrogens (tertiary/aromatic N) is 3. The van der Waals surface area contributed by atoms with Gasteiger partial charge in [0.1, 0.15) is 5.75 Å². The van der Waals surface area contributed by atoms with E-state index in [1.54, 1.807) is 72.2 Å². The lowest BCUT2D eigenvalue weighted by molar-refractivity contribution is 0.0500. The molecular formula is C27H33N3O6S. The fourth-order valence-electron chi connectivity index (χ4n) is 4.41. The van der Waals surface area contributed by atoms with Crippen molar-refractivity contribution in [2.75, 3.05) is 34.0 Å². The molecule has 198 valence electrons. The van der Waals surface area contributed by atoms with Crippen LogP contribution in [0.1, 0.15) is 34.5 Å². The number of benzene rings is 2. The van der Waals surface area contributed by atoms with Crippen LogP contribution in [0.5, 0.6) is 5.75 Å². The van der Waals surface area contributed by atoms with Crippen LogP contribution in [-0.4, -0.2) is 68.9 Å². The van der Waals surface area contributed by atoms with E-state index >= 15 is 0 Å². The van der Waals surface area contributed by atoms with Crippen LogP contribution in [0.15, 0.2) is 66.0 Å². The number of sulfone groups is 1. The summed E-state index contributed by atoms with van der Waals surface area (Å²) in [7, 11) is -0.602. The number of carbonyl (C=O) groups excluding carboxylic acids is 1. The average Bonchev–Trinajstić information content (AvgIpc) is 3.57. The van der Waals surface area contributed by atoms with Gasteiger partial charge in [-0.3, -0.25) is 4.79 Å². The normalized spacial score (nSPS) is 15.6. The fraction of sp³-hybridized carbons (Fsp3) is 0.407. The smallest absolute Gasteiger partial charge is 0.254 e. The van der Waals surface area contributed by atoms with Crippen molar-refractivity contribution >= 4 is 15.7 Å². The molecule has 0 saturated carbocycles. The van der Waals surface area contributed by atoms with Gasteiger partial charge in [0.15, 0.2) is 0 Å². The van der Waals surface area contributed by atoms with Crippen molar-refractivity contribution in [2.45, 2.75) is 42.9 Å². The van der Waals surface area contributed by atoms with E-state index in [2.05, 4.69) is 4.98 Å². The summed E-state index contributed by atoms with van der Waals surface area (Å²) in [6, 6.07) is 15.9. The van der Waals surface area contributed by atoms with E-state index in [-0.39, 0.29) is 29.5 Å². The van der Waals surface area contributed by atoms with E-state index in [0.29, 0.717) is 48.9 Å². The summed E-state index contributed by atoms with van der Waals surface area (Å²) in [6.45, 7) is 1.84. The number of rotatable bonds is 12. The third-order valence-corrected chi connectivity index (χ3v) is 7.92. The van der Waals surface area contributed by atoms with Crippen LogP contribution in [0.2, 0.25) is 0 Å². The topological polar surface area (TPSA) is 100.0 Å². The van der Waals surface area contributed by atoms with Crippen molar-refractivity contribution in [3.63, 3.8) is 0 Å². The molecule has 0 spiro atoms. The SMILES string of the molecule is COCCn1c(CN(CC2CCCO2)C(=O)c2ccc(OC)cc2)cnc1S(=O)(=O)Cc1ccccc1. The first-order chi connectivity index (χ1) is 17.9. The molecule has 4 rings (SSSR count). The molecule has 1 aliphatic rings. The summed E-state index contributed by atoms with van der Waals surface area (Å²) in [5, 5.41) is -0.0302. The van der Waals surface area contributed by atoms with Gasteiger partial charge in [-0.15, -0.1) is 0 Å². The largest absolute Gasteiger partial charge is 0.497 e. The van der Waals surface area contributed by atoms with Crippen LogP contribution < -0.4 is 4.74 Å². The number of amides is 1. The number of aromatic nitrogens is 2. The van der Waals surface area contributed by atoms with Gasteiger partial charge in [-0.2, -0.15) is 0 Å². The summed E-state index contributed by atoms with van der Waals surface area (Å²) >= 11 is 0. The van der Waals surface area contributed by atoms with E-state index in [1.807, 2.05) is 6.07 Å². The lowest BCUT2D eigenvalue weighted by Gasteiger charge is -2.26. The molecule has 1 aromatic heterocycles. The Kier molecular flexibility index (Phi) is 8.96. The van der Waals surface area contributed by atoms with Crippen LogP contribution in [0.25, 0.3) is 0 Å². The molecule has 1 atom stereocenters. The predicted molar refractivity (Wildman–Crippen MR) is 138 cm³/mol. The molecule has 37 heavy (non-hydrogen) atoms. The van der Waals surface area contributed by atoms with E-state index in [9.17, 15) is 13.2 Å². The predicted octanol–water partition coefficient (Wildman–Crippen LogP) is 3.33. The fourth-order valence-corrected chi connectivity index (χ4v) is 5.93. The van der Waals surface area contributed by atoms with Gasteiger partial charge in [-0.25, -0.2) is 13.4 Å². The highest BCUT2D eigenvalue weighted by Crippen LogP contribution is 2.22. The molecule has 0 radical (unpaired) electrons. The van der Waals surface area contributed by atoms with Crippen LogP contribution in [0, 0.1) is 0 Å². The maximum absolute atomic E-state index is 13.6. The van der Waals surface area contributed by atoms with Crippen molar-refractivity contribution in [1.29, 1.82) is 0 Å². The molecule has 1 aliphatic heterocycles. The molecule has 1 saturated heterocycles. The van der Waals surface area contributed by atoms with Gasteiger partial charge in [-0.1, -0.05) is 30.3 Å². The van der Waals surface area contributed by atoms with Crippen molar-refractivity contribution in [3.05, 3.63) is 77.6 Å². The van der Waals surface area contributed by atoms with Gasteiger partial charge < -0.3 is 23.7 Å². The zero-order valence-corrected chi connectivity index (χ0v) is 22.0. The Labute approximate surface area is 217 Å². The van der Waals surface area contributed by atoms with Crippen LogP contribution in [0.3, 0.4) is 0 Å². The summed E-state index contributed by atoms with van der Waals surface area (Å²) in [5.41, 5.74) is 1.81. The molecular weight excluding hydrogens is 494 g/mol. The number of carbonyl (C=O) groups is 1. The van der Waals surface area contributed by atoms with Gasteiger partial charge in [0.25, 0.3) is 5.91 Å². The molecule has 2 heterocycles. The first-order valence-corrected chi connectivity index (χ1v) is 13.9. The Morgan fingerprint density at radius 2 is 1.89 bits per heavy atom. The summed E-state index contributed by atoms with van der Waals surface area (Å²) in [5.74, 6) is 0.321. The minimum atomic E-state index is -3.74. The molecule has 0 bridgehead atoms. The third-order valence-electron chi connectivity index (χ3n) is 6.32. The Bertz CT molecular complexity index is 1270. The molecule has 0 N–H and O–H groups in total. The van der Waals surface area contributed by atoms with E-state index < -0.39 is 9.84 Å². The molecule has 1 unspecified atom stereocenters. The highest BCUT2D eigenvalue weighted by atomic mass is 32.2. The van der Waals surface area contributed by atoms with E-state index in [0.717, 1.165) is 12.8 Å². The molecule has 1 fully saturated rings. The molecule has 2 aromatic carbocycles.